The maximum absolute atomic E-state index is 13.0. The zero-order chi connectivity index (χ0) is 14.0. The molecule has 2 N–H and O–H groups in total. The molecule has 1 heterocycles. The summed E-state index contributed by atoms with van der Waals surface area (Å²) < 4.78 is 18.5. The third kappa shape index (κ3) is 3.28. The number of hydrogen-bond acceptors (Lipinski definition) is 3. The van der Waals surface area contributed by atoms with E-state index in [0.29, 0.717) is 10.6 Å². The van der Waals surface area contributed by atoms with E-state index in [0.717, 1.165) is 6.20 Å². The summed E-state index contributed by atoms with van der Waals surface area (Å²) in [4.78, 5) is 3.83. The minimum atomic E-state index is -0.493. The van der Waals surface area contributed by atoms with E-state index in [2.05, 4.69) is 4.98 Å². The molecule has 100 valence electrons. The van der Waals surface area contributed by atoms with E-state index in [4.69, 9.17) is 45.3 Å². The van der Waals surface area contributed by atoms with Gasteiger partial charge < -0.3 is 10.5 Å². The molecule has 0 aliphatic heterocycles. The van der Waals surface area contributed by atoms with Crippen molar-refractivity contribution in [2.45, 2.75) is 6.54 Å². The predicted octanol–water partition coefficient (Wildman–Crippen LogP) is 4.43. The third-order valence-electron chi connectivity index (χ3n) is 2.29. The predicted molar refractivity (Wildman–Crippen MR) is 73.6 cm³/mol. The van der Waals surface area contributed by atoms with E-state index in [9.17, 15) is 4.39 Å². The molecule has 0 fully saturated rings. The molecule has 0 atom stereocenters. The summed E-state index contributed by atoms with van der Waals surface area (Å²) in [7, 11) is 0. The quantitative estimate of drug-likeness (QED) is 0.851. The Hall–Kier alpha value is -1.07. The molecular formula is C12H8Cl3FN2O. The van der Waals surface area contributed by atoms with Crippen LogP contribution in [0.4, 0.5) is 4.39 Å². The number of rotatable bonds is 3. The van der Waals surface area contributed by atoms with Crippen molar-refractivity contribution in [3.8, 4) is 11.6 Å². The largest absolute Gasteiger partial charge is 0.437 e. The van der Waals surface area contributed by atoms with E-state index in [-0.39, 0.29) is 28.2 Å². The summed E-state index contributed by atoms with van der Waals surface area (Å²) in [5, 5.41) is 0.867. The summed E-state index contributed by atoms with van der Waals surface area (Å²) in [5.74, 6) is -0.0536. The second kappa shape index (κ2) is 5.92. The number of aromatic nitrogens is 1. The Morgan fingerprint density at radius 1 is 1.11 bits per heavy atom. The van der Waals surface area contributed by atoms with Crippen molar-refractivity contribution in [2.24, 2.45) is 5.73 Å². The maximum atomic E-state index is 13.0. The van der Waals surface area contributed by atoms with Gasteiger partial charge in [0, 0.05) is 18.2 Å². The summed E-state index contributed by atoms with van der Waals surface area (Å²) >= 11 is 17.7. The molecule has 3 nitrogen and oxygen atoms in total. The van der Waals surface area contributed by atoms with Gasteiger partial charge in [0.25, 0.3) is 0 Å². The van der Waals surface area contributed by atoms with Crippen LogP contribution in [0.3, 0.4) is 0 Å². The molecule has 0 saturated heterocycles. The van der Waals surface area contributed by atoms with Crippen molar-refractivity contribution >= 4 is 34.8 Å². The number of halogens is 4. The first kappa shape index (κ1) is 14.3. The summed E-state index contributed by atoms with van der Waals surface area (Å²) in [6.07, 6.45) is 1.03. The molecule has 2 rings (SSSR count). The molecule has 0 saturated carbocycles. The first-order valence-corrected chi connectivity index (χ1v) is 6.31. The van der Waals surface area contributed by atoms with Gasteiger partial charge in [-0.15, -0.1) is 0 Å². The standard InChI is InChI=1S/C12H8Cl3FN2O/c13-8-2-10(15)11(3-9(8)14)19-12-6(4-17)1-7(16)5-18-12/h1-3,5H,4,17H2. The first-order valence-electron chi connectivity index (χ1n) is 5.18. The highest BCUT2D eigenvalue weighted by molar-refractivity contribution is 6.43. The lowest BCUT2D eigenvalue weighted by Gasteiger charge is -2.11. The third-order valence-corrected chi connectivity index (χ3v) is 3.31. The van der Waals surface area contributed by atoms with Crippen LogP contribution in [-0.2, 0) is 6.54 Å². The number of nitrogens with zero attached hydrogens (tertiary/aromatic N) is 1. The topological polar surface area (TPSA) is 48.1 Å². The Morgan fingerprint density at radius 3 is 2.47 bits per heavy atom. The van der Waals surface area contributed by atoms with E-state index < -0.39 is 5.82 Å². The van der Waals surface area contributed by atoms with Crippen molar-refractivity contribution in [2.75, 3.05) is 0 Å². The molecule has 1 aromatic carbocycles. The van der Waals surface area contributed by atoms with E-state index in [1.807, 2.05) is 0 Å². The highest BCUT2D eigenvalue weighted by Crippen LogP contribution is 2.36. The fraction of sp³-hybridized carbons (Fsp3) is 0.0833. The van der Waals surface area contributed by atoms with Crippen LogP contribution in [-0.4, -0.2) is 4.98 Å². The zero-order valence-corrected chi connectivity index (χ0v) is 11.7. The SMILES string of the molecule is NCc1cc(F)cnc1Oc1cc(Cl)c(Cl)cc1Cl. The Balaban J connectivity index is 2.39. The molecule has 19 heavy (non-hydrogen) atoms. The molecule has 7 heteroatoms. The van der Waals surface area contributed by atoms with Crippen molar-refractivity contribution in [1.82, 2.24) is 4.98 Å². The minimum Gasteiger partial charge on any atom is -0.437 e. The summed E-state index contributed by atoms with van der Waals surface area (Å²) in [6.45, 7) is 0.0824. The van der Waals surface area contributed by atoms with E-state index in [1.54, 1.807) is 0 Å². The van der Waals surface area contributed by atoms with Crippen LogP contribution in [0, 0.1) is 5.82 Å². The van der Waals surface area contributed by atoms with Crippen LogP contribution in [0.2, 0.25) is 15.1 Å². The van der Waals surface area contributed by atoms with Gasteiger partial charge in [0.05, 0.1) is 21.3 Å². The van der Waals surface area contributed by atoms with Crippen molar-refractivity contribution in [3.05, 3.63) is 50.8 Å². The van der Waals surface area contributed by atoms with E-state index in [1.165, 1.54) is 18.2 Å². The van der Waals surface area contributed by atoms with Gasteiger partial charge in [0.1, 0.15) is 11.6 Å². The average Bonchev–Trinajstić information content (AvgIpc) is 2.37. The van der Waals surface area contributed by atoms with Crippen LogP contribution in [0.5, 0.6) is 11.6 Å². The fourth-order valence-corrected chi connectivity index (χ4v) is 1.97. The fourth-order valence-electron chi connectivity index (χ4n) is 1.39. The number of nitrogens with two attached hydrogens (primary N) is 1. The van der Waals surface area contributed by atoms with Gasteiger partial charge in [0.2, 0.25) is 5.88 Å². The van der Waals surface area contributed by atoms with Gasteiger partial charge in [-0.3, -0.25) is 0 Å². The van der Waals surface area contributed by atoms with Crippen LogP contribution in [0.1, 0.15) is 5.56 Å². The van der Waals surface area contributed by atoms with Crippen molar-refractivity contribution < 1.29 is 9.13 Å². The lowest BCUT2D eigenvalue weighted by Crippen LogP contribution is -2.02. The Morgan fingerprint density at radius 2 is 1.79 bits per heavy atom. The lowest BCUT2D eigenvalue weighted by atomic mass is 10.2. The van der Waals surface area contributed by atoms with Gasteiger partial charge in [-0.05, 0) is 12.1 Å². The molecular weight excluding hydrogens is 314 g/mol. The van der Waals surface area contributed by atoms with Gasteiger partial charge in [-0.2, -0.15) is 0 Å². The van der Waals surface area contributed by atoms with Crippen molar-refractivity contribution in [1.29, 1.82) is 0 Å². The minimum absolute atomic E-state index is 0.0824. The molecule has 0 spiro atoms. The van der Waals surface area contributed by atoms with Gasteiger partial charge in [-0.25, -0.2) is 9.37 Å². The van der Waals surface area contributed by atoms with Crippen LogP contribution < -0.4 is 10.5 Å². The second-order valence-electron chi connectivity index (χ2n) is 3.62. The van der Waals surface area contributed by atoms with E-state index >= 15 is 0 Å². The molecule has 0 radical (unpaired) electrons. The monoisotopic (exact) mass is 320 g/mol. The maximum Gasteiger partial charge on any atom is 0.223 e. The molecule has 0 aliphatic carbocycles. The Kier molecular flexibility index (Phi) is 4.47. The normalized spacial score (nSPS) is 10.6. The summed E-state index contributed by atoms with van der Waals surface area (Å²) in [6, 6.07) is 4.15. The van der Waals surface area contributed by atoms with Gasteiger partial charge in [0.15, 0.2) is 0 Å². The van der Waals surface area contributed by atoms with Gasteiger partial charge >= 0.3 is 0 Å². The molecule has 0 unspecified atom stereocenters. The van der Waals surface area contributed by atoms with Gasteiger partial charge in [-0.1, -0.05) is 34.8 Å². The first-order chi connectivity index (χ1) is 9.01. The lowest BCUT2D eigenvalue weighted by molar-refractivity contribution is 0.452. The smallest absolute Gasteiger partial charge is 0.223 e. The zero-order valence-electron chi connectivity index (χ0n) is 9.46. The number of pyridine rings is 1. The van der Waals surface area contributed by atoms with Crippen LogP contribution in [0.15, 0.2) is 24.4 Å². The molecule has 0 bridgehead atoms. The number of ether oxygens (including phenoxy) is 1. The molecule has 1 aromatic heterocycles. The number of hydrogen-bond donors (Lipinski definition) is 1. The molecule has 0 aliphatic rings. The summed E-state index contributed by atoms with van der Waals surface area (Å²) in [5.41, 5.74) is 5.92. The van der Waals surface area contributed by atoms with Crippen molar-refractivity contribution in [3.63, 3.8) is 0 Å². The molecule has 0 amide bonds. The highest BCUT2D eigenvalue weighted by atomic mass is 35.5. The Labute approximate surface area is 124 Å². The highest BCUT2D eigenvalue weighted by Gasteiger charge is 2.12. The van der Waals surface area contributed by atoms with Crippen LogP contribution >= 0.6 is 34.8 Å². The Bertz CT molecular complexity index is 622. The van der Waals surface area contributed by atoms with Crippen LogP contribution in [0.25, 0.3) is 0 Å². The average molecular weight is 322 g/mol. The number of benzene rings is 1. The second-order valence-corrected chi connectivity index (χ2v) is 4.84. The molecule has 2 aromatic rings.